The van der Waals surface area contributed by atoms with Crippen LogP contribution in [0.25, 0.3) is 0 Å². The average molecular weight is 364 g/mol. The highest BCUT2D eigenvalue weighted by Gasteiger charge is 2.15. The number of benzene rings is 2. The van der Waals surface area contributed by atoms with Crippen LogP contribution in [0.2, 0.25) is 5.02 Å². The van der Waals surface area contributed by atoms with Crippen molar-refractivity contribution in [2.45, 2.75) is 0 Å². The number of carbonyl (C=O) groups excluding carboxylic acids is 2. The van der Waals surface area contributed by atoms with Crippen molar-refractivity contribution in [1.82, 2.24) is 5.32 Å². The van der Waals surface area contributed by atoms with E-state index >= 15 is 0 Å². The molecule has 8 nitrogen and oxygen atoms in total. The van der Waals surface area contributed by atoms with Gasteiger partial charge in [0.25, 0.3) is 11.6 Å². The van der Waals surface area contributed by atoms with Gasteiger partial charge in [-0.3, -0.25) is 19.7 Å². The van der Waals surface area contributed by atoms with Crippen LogP contribution in [-0.4, -0.2) is 30.4 Å². The molecule has 0 bridgehead atoms. The van der Waals surface area contributed by atoms with Crippen LogP contribution in [0, 0.1) is 10.1 Å². The van der Waals surface area contributed by atoms with Gasteiger partial charge in [0.2, 0.25) is 5.91 Å². The molecular weight excluding hydrogens is 350 g/mol. The first-order chi connectivity index (χ1) is 11.9. The lowest BCUT2D eigenvalue weighted by Crippen LogP contribution is -2.33. The Morgan fingerprint density at radius 3 is 2.44 bits per heavy atom. The number of hydrogen-bond acceptors (Lipinski definition) is 5. The third-order valence-electron chi connectivity index (χ3n) is 3.19. The van der Waals surface area contributed by atoms with Gasteiger partial charge in [0.15, 0.2) is 0 Å². The second kappa shape index (κ2) is 8.11. The Hall–Kier alpha value is -3.13. The Balaban J connectivity index is 1.92. The van der Waals surface area contributed by atoms with Crippen LogP contribution >= 0.6 is 11.6 Å². The number of hydrogen-bond donors (Lipinski definition) is 2. The van der Waals surface area contributed by atoms with E-state index in [1.807, 2.05) is 0 Å². The largest absolute Gasteiger partial charge is 0.497 e. The minimum Gasteiger partial charge on any atom is -0.497 e. The van der Waals surface area contributed by atoms with Gasteiger partial charge in [0.1, 0.15) is 5.75 Å². The molecular formula is C16H14ClN3O5. The fourth-order valence-corrected chi connectivity index (χ4v) is 2.20. The minimum atomic E-state index is -0.615. The summed E-state index contributed by atoms with van der Waals surface area (Å²) in [5.74, 6) is -0.388. The summed E-state index contributed by atoms with van der Waals surface area (Å²) < 4.78 is 5.01. The van der Waals surface area contributed by atoms with Crippen LogP contribution in [0.15, 0.2) is 42.5 Å². The number of nitro benzene ring substituents is 1. The quantitative estimate of drug-likeness (QED) is 0.605. The fourth-order valence-electron chi connectivity index (χ4n) is 1.94. The Bertz CT molecular complexity index is 808. The summed E-state index contributed by atoms with van der Waals surface area (Å²) in [7, 11) is 1.53. The number of anilines is 1. The highest BCUT2D eigenvalue weighted by atomic mass is 35.5. The van der Waals surface area contributed by atoms with Crippen molar-refractivity contribution in [3.63, 3.8) is 0 Å². The molecule has 0 spiro atoms. The molecule has 0 aliphatic rings. The van der Waals surface area contributed by atoms with E-state index in [1.54, 1.807) is 24.3 Å². The third-order valence-corrected chi connectivity index (χ3v) is 3.50. The molecule has 25 heavy (non-hydrogen) atoms. The lowest BCUT2D eigenvalue weighted by molar-refractivity contribution is -0.384. The van der Waals surface area contributed by atoms with Gasteiger partial charge in [0.05, 0.1) is 29.2 Å². The van der Waals surface area contributed by atoms with Crippen molar-refractivity contribution >= 4 is 34.8 Å². The number of carbonyl (C=O) groups is 2. The Morgan fingerprint density at radius 1 is 1.20 bits per heavy atom. The van der Waals surface area contributed by atoms with Gasteiger partial charge in [-0.2, -0.15) is 0 Å². The number of nitrogens with one attached hydrogen (secondary N) is 2. The standard InChI is InChI=1S/C16H14ClN3O5/c1-25-12-5-2-10(3-6-12)19-15(21)9-18-16(22)13-7-4-11(20(23)24)8-14(13)17/h2-8H,9H2,1H3,(H,18,22)(H,19,21). The van der Waals surface area contributed by atoms with Gasteiger partial charge >= 0.3 is 0 Å². The van der Waals surface area contributed by atoms with Gasteiger partial charge in [0, 0.05) is 17.8 Å². The highest BCUT2D eigenvalue weighted by molar-refractivity contribution is 6.34. The number of nitrogens with zero attached hydrogens (tertiary/aromatic N) is 1. The molecule has 2 aromatic carbocycles. The minimum absolute atomic E-state index is 0.0458. The number of amides is 2. The first kappa shape index (κ1) is 18.2. The Morgan fingerprint density at radius 2 is 1.88 bits per heavy atom. The molecule has 9 heteroatoms. The number of methoxy groups -OCH3 is 1. The lowest BCUT2D eigenvalue weighted by Gasteiger charge is -2.08. The average Bonchev–Trinajstić information content (AvgIpc) is 2.60. The topological polar surface area (TPSA) is 111 Å². The van der Waals surface area contributed by atoms with E-state index in [9.17, 15) is 19.7 Å². The lowest BCUT2D eigenvalue weighted by atomic mass is 10.2. The Labute approximate surface area is 147 Å². The van der Waals surface area contributed by atoms with Gasteiger partial charge in [-0.15, -0.1) is 0 Å². The molecule has 0 fully saturated rings. The SMILES string of the molecule is COc1ccc(NC(=O)CNC(=O)c2ccc([N+](=O)[O-])cc2Cl)cc1. The van der Waals surface area contributed by atoms with Gasteiger partial charge in [-0.1, -0.05) is 11.6 Å². The van der Waals surface area contributed by atoms with Crippen molar-refractivity contribution in [3.8, 4) is 5.75 Å². The number of halogens is 1. The summed E-state index contributed by atoms with van der Waals surface area (Å²) in [5.41, 5.74) is 0.372. The zero-order chi connectivity index (χ0) is 18.4. The summed E-state index contributed by atoms with van der Waals surface area (Å²) in [4.78, 5) is 33.9. The molecule has 130 valence electrons. The van der Waals surface area contributed by atoms with Crippen molar-refractivity contribution in [1.29, 1.82) is 0 Å². The molecule has 0 aromatic heterocycles. The highest BCUT2D eigenvalue weighted by Crippen LogP contribution is 2.22. The summed E-state index contributed by atoms with van der Waals surface area (Å²) in [6.45, 7) is -0.280. The van der Waals surface area contributed by atoms with E-state index in [0.717, 1.165) is 12.1 Å². The molecule has 2 amide bonds. The monoisotopic (exact) mass is 363 g/mol. The maximum absolute atomic E-state index is 12.0. The number of rotatable bonds is 6. The van der Waals surface area contributed by atoms with Crippen LogP contribution in [0.4, 0.5) is 11.4 Å². The second-order valence-electron chi connectivity index (χ2n) is 4.88. The van der Waals surface area contributed by atoms with Crippen LogP contribution in [0.5, 0.6) is 5.75 Å². The predicted molar refractivity (Wildman–Crippen MR) is 92.1 cm³/mol. The predicted octanol–water partition coefficient (Wildman–Crippen LogP) is 2.63. The van der Waals surface area contributed by atoms with Crippen LogP contribution < -0.4 is 15.4 Å². The molecule has 0 unspecified atom stereocenters. The van der Waals surface area contributed by atoms with Crippen molar-refractivity contribution in [2.24, 2.45) is 0 Å². The normalized spacial score (nSPS) is 10.0. The molecule has 0 aliphatic carbocycles. The molecule has 0 aliphatic heterocycles. The van der Waals surface area contributed by atoms with Gasteiger partial charge in [-0.05, 0) is 30.3 Å². The van der Waals surface area contributed by atoms with Crippen molar-refractivity contribution in [3.05, 3.63) is 63.2 Å². The molecule has 0 saturated carbocycles. The van der Waals surface area contributed by atoms with E-state index in [4.69, 9.17) is 16.3 Å². The summed E-state index contributed by atoms with van der Waals surface area (Å²) >= 11 is 5.86. The van der Waals surface area contributed by atoms with E-state index in [0.29, 0.717) is 11.4 Å². The van der Waals surface area contributed by atoms with Crippen LogP contribution in [-0.2, 0) is 4.79 Å². The maximum Gasteiger partial charge on any atom is 0.270 e. The maximum atomic E-state index is 12.0. The number of nitro groups is 1. The molecule has 2 N–H and O–H groups in total. The van der Waals surface area contributed by atoms with E-state index in [-0.39, 0.29) is 22.8 Å². The zero-order valence-electron chi connectivity index (χ0n) is 13.1. The van der Waals surface area contributed by atoms with E-state index in [1.165, 1.54) is 13.2 Å². The summed E-state index contributed by atoms with van der Waals surface area (Å²) in [6, 6.07) is 10.2. The van der Waals surface area contributed by atoms with Crippen molar-refractivity contribution < 1.29 is 19.2 Å². The molecule has 0 radical (unpaired) electrons. The molecule has 2 rings (SSSR count). The van der Waals surface area contributed by atoms with Crippen molar-refractivity contribution in [2.75, 3.05) is 19.0 Å². The number of non-ortho nitro benzene ring substituents is 1. The fraction of sp³-hybridized carbons (Fsp3) is 0.125. The van der Waals surface area contributed by atoms with Crippen LogP contribution in [0.3, 0.4) is 0 Å². The third kappa shape index (κ3) is 4.92. The smallest absolute Gasteiger partial charge is 0.270 e. The number of ether oxygens (including phenoxy) is 1. The molecule has 0 heterocycles. The zero-order valence-corrected chi connectivity index (χ0v) is 13.9. The summed E-state index contributed by atoms with van der Waals surface area (Å²) in [6.07, 6.45) is 0. The van der Waals surface area contributed by atoms with E-state index in [2.05, 4.69) is 10.6 Å². The summed E-state index contributed by atoms with van der Waals surface area (Å²) in [5, 5.41) is 15.6. The first-order valence-electron chi connectivity index (χ1n) is 7.06. The van der Waals surface area contributed by atoms with Gasteiger partial charge < -0.3 is 15.4 Å². The molecule has 2 aromatic rings. The second-order valence-corrected chi connectivity index (χ2v) is 5.29. The molecule has 0 saturated heterocycles. The Kier molecular flexibility index (Phi) is 5.91. The van der Waals surface area contributed by atoms with Gasteiger partial charge in [-0.25, -0.2) is 0 Å². The van der Waals surface area contributed by atoms with Crippen LogP contribution in [0.1, 0.15) is 10.4 Å². The first-order valence-corrected chi connectivity index (χ1v) is 7.44. The van der Waals surface area contributed by atoms with E-state index < -0.39 is 16.7 Å². The molecule has 0 atom stereocenters.